The van der Waals surface area contributed by atoms with E-state index in [0.717, 1.165) is 4.47 Å². The Kier molecular flexibility index (Phi) is 5.35. The molecule has 0 aliphatic carbocycles. The zero-order valence-electron chi connectivity index (χ0n) is 16.3. The number of hydrogen-bond acceptors (Lipinski definition) is 1. The highest BCUT2D eigenvalue weighted by Crippen LogP contribution is 2.45. The number of rotatable bonds is 4. The molecule has 2 heteroatoms. The lowest BCUT2D eigenvalue weighted by molar-refractivity contribution is 1.59. The molecule has 5 rings (SSSR count). The molecule has 5 aromatic rings. The van der Waals surface area contributed by atoms with Crippen LogP contribution < -0.4 is 0 Å². The molecular formula is C28H19BrS. The lowest BCUT2D eigenvalue weighted by atomic mass is 9.97. The maximum Gasteiger partial charge on any atom is 0.0427 e. The highest BCUT2D eigenvalue weighted by atomic mass is 79.9. The second-order valence-electron chi connectivity index (χ2n) is 7.14. The summed E-state index contributed by atoms with van der Waals surface area (Å²) < 4.78 is 1.09. The van der Waals surface area contributed by atoms with Gasteiger partial charge in [-0.1, -0.05) is 113 Å². The molecule has 0 saturated heterocycles. The van der Waals surface area contributed by atoms with E-state index < -0.39 is 0 Å². The van der Waals surface area contributed by atoms with Gasteiger partial charge in [-0.3, -0.25) is 0 Å². The monoisotopic (exact) mass is 466 g/mol. The van der Waals surface area contributed by atoms with Gasteiger partial charge in [0.25, 0.3) is 0 Å². The van der Waals surface area contributed by atoms with Gasteiger partial charge >= 0.3 is 0 Å². The van der Waals surface area contributed by atoms with Crippen molar-refractivity contribution in [2.24, 2.45) is 0 Å². The van der Waals surface area contributed by atoms with Crippen LogP contribution in [-0.2, 0) is 0 Å². The molecule has 0 radical (unpaired) electrons. The summed E-state index contributed by atoms with van der Waals surface area (Å²) in [5, 5.41) is 0. The topological polar surface area (TPSA) is 0 Å². The Bertz CT molecular complexity index is 1210. The largest absolute Gasteiger partial charge is 0.135 e. The van der Waals surface area contributed by atoms with Crippen molar-refractivity contribution in [2.45, 2.75) is 0 Å². The third-order valence-corrected chi connectivity index (χ3v) is 6.95. The average Bonchev–Trinajstić information content (AvgIpc) is 3.26. The van der Waals surface area contributed by atoms with E-state index in [1.54, 1.807) is 0 Å². The first-order valence-corrected chi connectivity index (χ1v) is 11.5. The number of thiophene rings is 1. The van der Waals surface area contributed by atoms with Crippen molar-refractivity contribution in [2.75, 3.05) is 0 Å². The van der Waals surface area contributed by atoms with Crippen molar-refractivity contribution >= 4 is 27.3 Å². The zero-order chi connectivity index (χ0) is 20.3. The Morgan fingerprint density at radius 3 is 1.67 bits per heavy atom. The smallest absolute Gasteiger partial charge is 0.0427 e. The molecule has 0 amide bonds. The first-order chi connectivity index (χ1) is 14.8. The van der Waals surface area contributed by atoms with Crippen LogP contribution in [0.5, 0.6) is 0 Å². The fourth-order valence-corrected chi connectivity index (χ4v) is 5.23. The Labute approximate surface area is 189 Å². The van der Waals surface area contributed by atoms with Gasteiger partial charge in [0.2, 0.25) is 0 Å². The quantitative estimate of drug-likeness (QED) is 0.247. The number of benzene rings is 4. The summed E-state index contributed by atoms with van der Waals surface area (Å²) in [5.41, 5.74) is 7.54. The maximum atomic E-state index is 3.55. The molecule has 30 heavy (non-hydrogen) atoms. The predicted octanol–water partition coefficient (Wildman–Crippen LogP) is 9.18. The minimum atomic E-state index is 1.09. The average molecular weight is 467 g/mol. The van der Waals surface area contributed by atoms with E-state index >= 15 is 0 Å². The molecule has 0 bridgehead atoms. The highest BCUT2D eigenvalue weighted by molar-refractivity contribution is 9.10. The normalized spacial score (nSPS) is 10.8. The Morgan fingerprint density at radius 1 is 0.467 bits per heavy atom. The Balaban J connectivity index is 1.70. The van der Waals surface area contributed by atoms with E-state index in [-0.39, 0.29) is 0 Å². The van der Waals surface area contributed by atoms with Crippen LogP contribution in [-0.4, -0.2) is 0 Å². The van der Waals surface area contributed by atoms with Crippen molar-refractivity contribution in [3.63, 3.8) is 0 Å². The molecule has 0 spiro atoms. The third-order valence-electron chi connectivity index (χ3n) is 5.20. The molecule has 0 unspecified atom stereocenters. The van der Waals surface area contributed by atoms with Crippen LogP contribution in [0.3, 0.4) is 0 Å². The fourth-order valence-electron chi connectivity index (χ4n) is 3.74. The van der Waals surface area contributed by atoms with Crippen molar-refractivity contribution in [3.8, 4) is 43.1 Å². The third kappa shape index (κ3) is 3.77. The van der Waals surface area contributed by atoms with E-state index in [9.17, 15) is 0 Å². The van der Waals surface area contributed by atoms with Gasteiger partial charge < -0.3 is 0 Å². The standard InChI is InChI=1S/C28H19BrS/c29-23-17-15-21(16-18-23)24-13-7-8-14-25(24)27-19-26(20-9-3-1-4-10-20)28(30-27)22-11-5-2-6-12-22/h1-19H. The first kappa shape index (κ1) is 19.0. The zero-order valence-corrected chi connectivity index (χ0v) is 18.7. The predicted molar refractivity (Wildman–Crippen MR) is 134 cm³/mol. The molecule has 1 aromatic heterocycles. The van der Waals surface area contributed by atoms with Crippen LogP contribution in [0, 0.1) is 0 Å². The molecule has 0 saturated carbocycles. The van der Waals surface area contributed by atoms with Gasteiger partial charge in [0, 0.05) is 19.8 Å². The highest BCUT2D eigenvalue weighted by Gasteiger charge is 2.16. The molecule has 4 aromatic carbocycles. The Morgan fingerprint density at radius 2 is 1.00 bits per heavy atom. The van der Waals surface area contributed by atoms with Crippen molar-refractivity contribution in [1.82, 2.24) is 0 Å². The summed E-state index contributed by atoms with van der Waals surface area (Å²) in [6, 6.07) is 40.9. The maximum absolute atomic E-state index is 3.55. The van der Waals surface area contributed by atoms with Crippen LogP contribution >= 0.6 is 27.3 Å². The van der Waals surface area contributed by atoms with Gasteiger partial charge in [-0.2, -0.15) is 0 Å². The second-order valence-corrected chi connectivity index (χ2v) is 9.11. The van der Waals surface area contributed by atoms with E-state index in [1.807, 2.05) is 11.3 Å². The summed E-state index contributed by atoms with van der Waals surface area (Å²) in [6.07, 6.45) is 0. The van der Waals surface area contributed by atoms with Gasteiger partial charge in [0.1, 0.15) is 0 Å². The molecule has 0 aliphatic rings. The molecule has 1 heterocycles. The lowest BCUT2D eigenvalue weighted by Gasteiger charge is -2.08. The fraction of sp³-hybridized carbons (Fsp3) is 0. The van der Waals surface area contributed by atoms with Crippen LogP contribution in [0.1, 0.15) is 0 Å². The van der Waals surface area contributed by atoms with Crippen LogP contribution in [0.15, 0.2) is 120 Å². The van der Waals surface area contributed by atoms with Crippen molar-refractivity contribution in [1.29, 1.82) is 0 Å². The SMILES string of the molecule is Brc1ccc(-c2ccccc2-c2cc(-c3ccccc3)c(-c3ccccc3)s2)cc1. The number of hydrogen-bond donors (Lipinski definition) is 0. The van der Waals surface area contributed by atoms with Gasteiger partial charge in [-0.15, -0.1) is 11.3 Å². The summed E-state index contributed by atoms with van der Waals surface area (Å²) in [6.45, 7) is 0. The van der Waals surface area contributed by atoms with E-state index in [0.29, 0.717) is 0 Å². The van der Waals surface area contributed by atoms with Crippen LogP contribution in [0.4, 0.5) is 0 Å². The molecule has 0 aliphatic heterocycles. The summed E-state index contributed by atoms with van der Waals surface area (Å²) in [4.78, 5) is 2.59. The number of halogens is 1. The molecule has 0 N–H and O–H groups in total. The van der Waals surface area contributed by atoms with Gasteiger partial charge in [-0.05, 0) is 46.0 Å². The van der Waals surface area contributed by atoms with Crippen LogP contribution in [0.2, 0.25) is 0 Å². The molecule has 144 valence electrons. The van der Waals surface area contributed by atoms with Gasteiger partial charge in [-0.25, -0.2) is 0 Å². The molecule has 0 nitrogen and oxygen atoms in total. The Hall–Kier alpha value is -2.94. The van der Waals surface area contributed by atoms with E-state index in [4.69, 9.17) is 0 Å². The van der Waals surface area contributed by atoms with Crippen molar-refractivity contribution in [3.05, 3.63) is 120 Å². The van der Waals surface area contributed by atoms with E-state index in [1.165, 1.54) is 43.1 Å². The molecule has 0 fully saturated rings. The van der Waals surface area contributed by atoms with Gasteiger partial charge in [0.15, 0.2) is 0 Å². The lowest BCUT2D eigenvalue weighted by Crippen LogP contribution is -1.82. The molecular weight excluding hydrogens is 448 g/mol. The minimum absolute atomic E-state index is 1.09. The molecule has 0 atom stereocenters. The van der Waals surface area contributed by atoms with Crippen LogP contribution in [0.25, 0.3) is 43.1 Å². The first-order valence-electron chi connectivity index (χ1n) is 9.89. The summed E-state index contributed by atoms with van der Waals surface area (Å²) >= 11 is 5.41. The second kappa shape index (κ2) is 8.43. The summed E-state index contributed by atoms with van der Waals surface area (Å²) in [7, 11) is 0. The van der Waals surface area contributed by atoms with E-state index in [2.05, 4.69) is 131 Å². The summed E-state index contributed by atoms with van der Waals surface area (Å²) in [5.74, 6) is 0. The minimum Gasteiger partial charge on any atom is -0.135 e. The van der Waals surface area contributed by atoms with Gasteiger partial charge in [0.05, 0.1) is 0 Å². The van der Waals surface area contributed by atoms with Crippen molar-refractivity contribution < 1.29 is 0 Å².